The lowest BCUT2D eigenvalue weighted by Gasteiger charge is -2.29. The average molecular weight is 414 g/mol. The summed E-state index contributed by atoms with van der Waals surface area (Å²) >= 11 is 0. The van der Waals surface area contributed by atoms with Crippen molar-refractivity contribution in [2.24, 2.45) is 0 Å². The topological polar surface area (TPSA) is 86.3 Å². The molecule has 2 amide bonds. The first kappa shape index (κ1) is 21.3. The lowest BCUT2D eigenvalue weighted by atomic mass is 9.98. The van der Waals surface area contributed by atoms with Crippen LogP contribution in [0.1, 0.15) is 21.5 Å². The van der Waals surface area contributed by atoms with Crippen LogP contribution in [0.2, 0.25) is 0 Å². The van der Waals surface area contributed by atoms with E-state index in [4.69, 9.17) is 18.9 Å². The largest absolute Gasteiger partial charge is 0.493 e. The number of methoxy groups -OCH3 is 4. The van der Waals surface area contributed by atoms with Crippen LogP contribution < -0.4 is 24.3 Å². The van der Waals surface area contributed by atoms with Gasteiger partial charge in [0.1, 0.15) is 0 Å². The van der Waals surface area contributed by atoms with Crippen LogP contribution in [0.15, 0.2) is 30.3 Å². The minimum atomic E-state index is -0.354. The second-order valence-electron chi connectivity index (χ2n) is 6.79. The van der Waals surface area contributed by atoms with Gasteiger partial charge in [-0.2, -0.15) is 0 Å². The van der Waals surface area contributed by atoms with Crippen molar-refractivity contribution in [3.8, 4) is 23.0 Å². The normalized spacial score (nSPS) is 12.6. The first-order valence-electron chi connectivity index (χ1n) is 9.52. The molecule has 0 aromatic heterocycles. The highest BCUT2D eigenvalue weighted by atomic mass is 16.5. The van der Waals surface area contributed by atoms with E-state index in [0.29, 0.717) is 48.1 Å². The van der Waals surface area contributed by atoms with Gasteiger partial charge in [0.2, 0.25) is 5.91 Å². The highest BCUT2D eigenvalue weighted by Crippen LogP contribution is 2.33. The van der Waals surface area contributed by atoms with Crippen molar-refractivity contribution in [2.45, 2.75) is 13.0 Å². The number of carbonyl (C=O) groups is 2. The summed E-state index contributed by atoms with van der Waals surface area (Å²) in [7, 11) is 6.21. The highest BCUT2D eigenvalue weighted by Gasteiger charge is 2.23. The second-order valence-corrected chi connectivity index (χ2v) is 6.79. The number of nitrogens with one attached hydrogen (secondary N) is 1. The summed E-state index contributed by atoms with van der Waals surface area (Å²) in [6, 6.07) is 8.71. The minimum Gasteiger partial charge on any atom is -0.493 e. The van der Waals surface area contributed by atoms with Gasteiger partial charge in [0.15, 0.2) is 23.0 Å². The smallest absolute Gasteiger partial charge is 0.251 e. The monoisotopic (exact) mass is 414 g/mol. The van der Waals surface area contributed by atoms with Gasteiger partial charge in [-0.3, -0.25) is 9.59 Å². The van der Waals surface area contributed by atoms with Crippen molar-refractivity contribution in [2.75, 3.05) is 41.5 Å². The van der Waals surface area contributed by atoms with Crippen molar-refractivity contribution in [3.63, 3.8) is 0 Å². The first-order chi connectivity index (χ1) is 14.5. The molecule has 1 aliphatic heterocycles. The molecule has 0 spiro atoms. The molecule has 8 heteroatoms. The van der Waals surface area contributed by atoms with Crippen molar-refractivity contribution < 1.29 is 28.5 Å². The van der Waals surface area contributed by atoms with Crippen LogP contribution in [0.5, 0.6) is 23.0 Å². The molecule has 2 aromatic rings. The van der Waals surface area contributed by atoms with Crippen LogP contribution in [0.3, 0.4) is 0 Å². The van der Waals surface area contributed by atoms with Gasteiger partial charge in [0.05, 0.1) is 35.0 Å². The molecular formula is C22H26N2O6. The van der Waals surface area contributed by atoms with E-state index in [9.17, 15) is 9.59 Å². The number of rotatable bonds is 7. The number of ether oxygens (including phenoxy) is 4. The zero-order valence-corrected chi connectivity index (χ0v) is 17.6. The summed E-state index contributed by atoms with van der Waals surface area (Å²) in [5.41, 5.74) is 2.53. The molecule has 0 bridgehead atoms. The zero-order chi connectivity index (χ0) is 21.7. The maximum absolute atomic E-state index is 12.7. The molecule has 3 rings (SSSR count). The van der Waals surface area contributed by atoms with Crippen molar-refractivity contribution >= 4 is 11.8 Å². The standard InChI is InChI=1S/C22H26N2O6/c1-27-17-6-5-15(10-18(17)28-2)22(26)23-12-21(25)24-8-7-14-9-19(29-3)20(30-4)11-16(14)13-24/h5-6,9-11H,7-8,12-13H2,1-4H3,(H,23,26). The maximum atomic E-state index is 12.7. The SMILES string of the molecule is COc1ccc(C(=O)NCC(=O)N2CCc3cc(OC)c(OC)cc3C2)cc1OC. The molecule has 0 unspecified atom stereocenters. The second kappa shape index (κ2) is 9.39. The van der Waals surface area contributed by atoms with Crippen molar-refractivity contribution in [3.05, 3.63) is 47.0 Å². The number of fused-ring (bicyclic) bond motifs is 1. The Hall–Kier alpha value is -3.42. The molecule has 0 saturated heterocycles. The first-order valence-corrected chi connectivity index (χ1v) is 9.52. The molecule has 0 fully saturated rings. The summed E-state index contributed by atoms with van der Waals surface area (Å²) < 4.78 is 21.1. The Morgan fingerprint density at radius 3 is 2.10 bits per heavy atom. The maximum Gasteiger partial charge on any atom is 0.251 e. The van der Waals surface area contributed by atoms with E-state index in [1.54, 1.807) is 37.3 Å². The van der Waals surface area contributed by atoms with Crippen LogP contribution in [-0.4, -0.2) is 58.2 Å². The fraction of sp³-hybridized carbons (Fsp3) is 0.364. The van der Waals surface area contributed by atoms with E-state index >= 15 is 0 Å². The summed E-state index contributed by atoms with van der Waals surface area (Å²) in [5.74, 6) is 1.79. The fourth-order valence-electron chi connectivity index (χ4n) is 3.44. The number of amides is 2. The van der Waals surface area contributed by atoms with E-state index < -0.39 is 0 Å². The summed E-state index contributed by atoms with van der Waals surface area (Å²) in [5, 5.41) is 2.68. The predicted octanol–water partition coefficient (Wildman–Crippen LogP) is 2.04. The lowest BCUT2D eigenvalue weighted by Crippen LogP contribution is -2.42. The zero-order valence-electron chi connectivity index (χ0n) is 17.6. The average Bonchev–Trinajstić information content (AvgIpc) is 2.80. The van der Waals surface area contributed by atoms with E-state index in [-0.39, 0.29) is 18.4 Å². The number of benzene rings is 2. The van der Waals surface area contributed by atoms with Gasteiger partial charge in [-0.25, -0.2) is 0 Å². The quantitative estimate of drug-likeness (QED) is 0.746. The minimum absolute atomic E-state index is 0.0875. The molecule has 0 atom stereocenters. The third-order valence-electron chi connectivity index (χ3n) is 5.12. The molecule has 1 aliphatic rings. The summed E-state index contributed by atoms with van der Waals surface area (Å²) in [6.07, 6.45) is 0.713. The van der Waals surface area contributed by atoms with E-state index in [2.05, 4.69) is 5.32 Å². The van der Waals surface area contributed by atoms with E-state index in [1.165, 1.54) is 14.2 Å². The van der Waals surface area contributed by atoms with Crippen LogP contribution in [0.25, 0.3) is 0 Å². The molecule has 0 saturated carbocycles. The number of hydrogen-bond donors (Lipinski definition) is 1. The van der Waals surface area contributed by atoms with Crippen molar-refractivity contribution in [1.82, 2.24) is 10.2 Å². The molecule has 8 nitrogen and oxygen atoms in total. The van der Waals surface area contributed by atoms with E-state index in [1.807, 2.05) is 12.1 Å². The predicted molar refractivity (Wildman–Crippen MR) is 111 cm³/mol. The third-order valence-corrected chi connectivity index (χ3v) is 5.12. The van der Waals surface area contributed by atoms with Crippen LogP contribution in [0, 0.1) is 0 Å². The Morgan fingerprint density at radius 1 is 0.867 bits per heavy atom. The van der Waals surface area contributed by atoms with Gasteiger partial charge in [-0.1, -0.05) is 0 Å². The molecule has 0 radical (unpaired) electrons. The van der Waals surface area contributed by atoms with Crippen molar-refractivity contribution in [1.29, 1.82) is 0 Å². The van der Waals surface area contributed by atoms with Gasteiger partial charge in [0, 0.05) is 18.7 Å². The highest BCUT2D eigenvalue weighted by molar-refractivity contribution is 5.97. The Morgan fingerprint density at radius 2 is 1.47 bits per heavy atom. The fourth-order valence-corrected chi connectivity index (χ4v) is 3.44. The molecular weight excluding hydrogens is 388 g/mol. The Labute approximate surface area is 175 Å². The van der Waals surface area contributed by atoms with E-state index in [0.717, 1.165) is 11.1 Å². The molecule has 160 valence electrons. The Bertz CT molecular complexity index is 943. The third kappa shape index (κ3) is 4.42. The Kier molecular flexibility index (Phi) is 6.66. The van der Waals surface area contributed by atoms with Crippen LogP contribution >= 0.6 is 0 Å². The van der Waals surface area contributed by atoms with Gasteiger partial charge in [-0.15, -0.1) is 0 Å². The molecule has 0 aliphatic carbocycles. The van der Waals surface area contributed by atoms with Gasteiger partial charge in [0.25, 0.3) is 5.91 Å². The number of carbonyl (C=O) groups excluding carboxylic acids is 2. The molecule has 1 heterocycles. The lowest BCUT2D eigenvalue weighted by molar-refractivity contribution is -0.131. The van der Waals surface area contributed by atoms with Crippen LogP contribution in [0.4, 0.5) is 0 Å². The van der Waals surface area contributed by atoms with Gasteiger partial charge in [-0.05, 0) is 47.9 Å². The van der Waals surface area contributed by atoms with Gasteiger partial charge < -0.3 is 29.2 Å². The molecule has 2 aromatic carbocycles. The van der Waals surface area contributed by atoms with Gasteiger partial charge >= 0.3 is 0 Å². The summed E-state index contributed by atoms with van der Waals surface area (Å²) in [4.78, 5) is 26.8. The molecule has 30 heavy (non-hydrogen) atoms. The molecule has 1 N–H and O–H groups in total. The number of nitrogens with zero attached hydrogens (tertiary/aromatic N) is 1. The number of hydrogen-bond acceptors (Lipinski definition) is 6. The Balaban J connectivity index is 1.63. The summed E-state index contributed by atoms with van der Waals surface area (Å²) in [6.45, 7) is 0.949. The van der Waals surface area contributed by atoms with Crippen LogP contribution in [-0.2, 0) is 17.8 Å².